The van der Waals surface area contributed by atoms with E-state index in [1.165, 1.54) is 23.5 Å². The maximum Gasteiger partial charge on any atom is 0.432 e. The number of aromatic amines is 1. The zero-order valence-corrected chi connectivity index (χ0v) is 24.1. The molecule has 7 rings (SSSR count). The second-order valence-corrected chi connectivity index (χ2v) is 12.0. The standard InChI is InChI=1S/C29H27F3N4O7S/c1-40-23-14-20-17-8-10-36(44(38,39)27-7-6-22(43-27)21-15-25(35-34-21)29(30,31)32)28(20)18-4-2-5-19(12-18)41-11-3-9-33-26(37)16-42-24(23)13-17/h2,4-7,12-15,28H,3,8-11,16H2,1H3,(H,33,37)(H,34,35). The van der Waals surface area contributed by atoms with Crippen molar-refractivity contribution >= 4 is 15.9 Å². The quantitative estimate of drug-likeness (QED) is 0.340. The molecule has 0 fully saturated rings. The molecular weight excluding hydrogens is 605 g/mol. The van der Waals surface area contributed by atoms with Crippen LogP contribution in [-0.2, 0) is 27.4 Å². The van der Waals surface area contributed by atoms with Gasteiger partial charge in [-0.05, 0) is 72.0 Å². The highest BCUT2D eigenvalue weighted by atomic mass is 32.2. The number of fused-ring (bicyclic) bond motifs is 8. The number of carbonyl (C=O) groups is 1. The van der Waals surface area contributed by atoms with Crippen LogP contribution in [-0.4, -0.2) is 62.2 Å². The van der Waals surface area contributed by atoms with E-state index in [4.69, 9.17) is 18.6 Å². The molecule has 0 saturated heterocycles. The second kappa shape index (κ2) is 11.5. The van der Waals surface area contributed by atoms with Crippen molar-refractivity contribution in [3.63, 3.8) is 0 Å². The number of alkyl halides is 3. The number of hydrogen-bond donors (Lipinski definition) is 2. The number of hydrogen-bond acceptors (Lipinski definition) is 8. The van der Waals surface area contributed by atoms with Crippen molar-refractivity contribution in [2.45, 2.75) is 30.2 Å². The van der Waals surface area contributed by atoms with Crippen molar-refractivity contribution in [1.29, 1.82) is 0 Å². The number of methoxy groups -OCH3 is 1. The predicted octanol–water partition coefficient (Wildman–Crippen LogP) is 4.31. The first kappa shape index (κ1) is 29.6. The number of ether oxygens (including phenoxy) is 3. The number of halogens is 3. The van der Waals surface area contributed by atoms with E-state index in [0.717, 1.165) is 11.6 Å². The molecule has 11 nitrogen and oxygen atoms in total. The lowest BCUT2D eigenvalue weighted by Gasteiger charge is -2.36. The highest BCUT2D eigenvalue weighted by Crippen LogP contribution is 2.44. The number of furan rings is 1. The van der Waals surface area contributed by atoms with E-state index in [9.17, 15) is 26.4 Å². The average Bonchev–Trinajstić information content (AvgIpc) is 3.69. The molecule has 0 aliphatic carbocycles. The topological polar surface area (TPSA) is 136 Å². The summed E-state index contributed by atoms with van der Waals surface area (Å²) in [5.41, 5.74) is 0.728. The van der Waals surface area contributed by atoms with Crippen molar-refractivity contribution < 1.29 is 45.0 Å². The molecule has 232 valence electrons. The molecule has 0 radical (unpaired) electrons. The van der Waals surface area contributed by atoms with E-state index in [-0.39, 0.29) is 36.9 Å². The summed E-state index contributed by atoms with van der Waals surface area (Å²) >= 11 is 0. The van der Waals surface area contributed by atoms with Gasteiger partial charge in [-0.15, -0.1) is 0 Å². The van der Waals surface area contributed by atoms with Gasteiger partial charge in [0.15, 0.2) is 23.9 Å². The van der Waals surface area contributed by atoms with E-state index in [1.54, 1.807) is 36.4 Å². The molecule has 0 saturated carbocycles. The zero-order valence-electron chi connectivity index (χ0n) is 23.3. The van der Waals surface area contributed by atoms with Gasteiger partial charge in [-0.3, -0.25) is 9.89 Å². The monoisotopic (exact) mass is 632 g/mol. The minimum absolute atomic E-state index is 0.0357. The van der Waals surface area contributed by atoms with Gasteiger partial charge in [0.25, 0.3) is 15.9 Å². The van der Waals surface area contributed by atoms with Gasteiger partial charge in [0.05, 0.1) is 19.8 Å². The summed E-state index contributed by atoms with van der Waals surface area (Å²) in [5, 5.41) is 7.86. The van der Waals surface area contributed by atoms with E-state index < -0.39 is 33.0 Å². The summed E-state index contributed by atoms with van der Waals surface area (Å²) in [6, 6.07) is 12.8. The first-order chi connectivity index (χ1) is 21.0. The molecule has 15 heteroatoms. The molecule has 3 aliphatic rings. The Morgan fingerprint density at radius 1 is 1.09 bits per heavy atom. The average molecular weight is 633 g/mol. The molecule has 0 spiro atoms. The van der Waals surface area contributed by atoms with E-state index in [1.807, 2.05) is 5.10 Å². The lowest BCUT2D eigenvalue weighted by Crippen LogP contribution is -2.40. The lowest BCUT2D eigenvalue weighted by molar-refractivity contribution is -0.141. The Bertz CT molecular complexity index is 1800. The van der Waals surface area contributed by atoms with Gasteiger partial charge in [0.1, 0.15) is 17.1 Å². The van der Waals surface area contributed by atoms with Crippen molar-refractivity contribution in [3.8, 4) is 28.7 Å². The lowest BCUT2D eigenvalue weighted by atomic mass is 9.89. The Balaban J connectivity index is 1.43. The van der Waals surface area contributed by atoms with Crippen LogP contribution in [0.2, 0.25) is 0 Å². The van der Waals surface area contributed by atoms with Crippen LogP contribution in [0.5, 0.6) is 17.2 Å². The number of sulfonamides is 1. The van der Waals surface area contributed by atoms with E-state index in [0.29, 0.717) is 47.9 Å². The molecule has 1 amide bonds. The van der Waals surface area contributed by atoms with Gasteiger partial charge in [0, 0.05) is 13.1 Å². The minimum atomic E-state index is -4.66. The molecule has 2 aromatic heterocycles. The highest BCUT2D eigenvalue weighted by Gasteiger charge is 2.40. The second-order valence-electron chi connectivity index (χ2n) is 10.2. The first-order valence-corrected chi connectivity index (χ1v) is 15.1. The summed E-state index contributed by atoms with van der Waals surface area (Å²) < 4.78 is 91.7. The summed E-state index contributed by atoms with van der Waals surface area (Å²) in [7, 11) is -2.90. The fourth-order valence-corrected chi connectivity index (χ4v) is 6.76. The summed E-state index contributed by atoms with van der Waals surface area (Å²) in [5.74, 6) is 0.703. The molecule has 1 atom stereocenters. The third kappa shape index (κ3) is 5.71. The molecule has 6 bridgehead atoms. The molecule has 1 unspecified atom stereocenters. The number of amides is 1. The Hall–Kier alpha value is -4.50. The highest BCUT2D eigenvalue weighted by molar-refractivity contribution is 7.89. The number of rotatable bonds is 4. The third-order valence-corrected chi connectivity index (χ3v) is 9.07. The third-order valence-electron chi connectivity index (χ3n) is 7.33. The first-order valence-electron chi connectivity index (χ1n) is 13.6. The van der Waals surface area contributed by atoms with Crippen molar-refractivity contribution in [1.82, 2.24) is 19.8 Å². The molecule has 2 N–H and O–H groups in total. The minimum Gasteiger partial charge on any atom is -0.494 e. The Morgan fingerprint density at radius 3 is 2.70 bits per heavy atom. The number of benzene rings is 2. The number of H-pyrrole nitrogens is 1. The fraction of sp³-hybridized carbons (Fsp3) is 0.310. The van der Waals surface area contributed by atoms with Crippen LogP contribution < -0.4 is 19.5 Å². The largest absolute Gasteiger partial charge is 0.494 e. The fourth-order valence-electron chi connectivity index (χ4n) is 5.24. The van der Waals surface area contributed by atoms with E-state index in [2.05, 4.69) is 10.4 Å². The van der Waals surface area contributed by atoms with Gasteiger partial charge >= 0.3 is 6.18 Å². The van der Waals surface area contributed by atoms with Crippen LogP contribution in [0.15, 0.2) is 64.1 Å². The van der Waals surface area contributed by atoms with Gasteiger partial charge in [-0.2, -0.15) is 22.6 Å². The summed E-state index contributed by atoms with van der Waals surface area (Å²) in [6.45, 7) is 0.482. The molecule has 3 aliphatic heterocycles. The van der Waals surface area contributed by atoms with Crippen LogP contribution in [0.4, 0.5) is 13.2 Å². The Morgan fingerprint density at radius 2 is 1.93 bits per heavy atom. The van der Waals surface area contributed by atoms with Gasteiger partial charge < -0.3 is 23.9 Å². The number of nitrogens with one attached hydrogen (secondary N) is 2. The molecular formula is C29H27F3N4O7S. The Labute approximate surface area is 250 Å². The SMILES string of the molecule is COc1cc2c3cc1OCC(=O)NCCCOc1cccc(c1)C2N(S(=O)(=O)c1ccc(-c2cc(C(F)(F)F)[nH]n2)o1)CC3. The van der Waals surface area contributed by atoms with Crippen molar-refractivity contribution in [2.24, 2.45) is 0 Å². The van der Waals surface area contributed by atoms with E-state index >= 15 is 0 Å². The van der Waals surface area contributed by atoms with Gasteiger partial charge in [0.2, 0.25) is 5.09 Å². The zero-order chi connectivity index (χ0) is 31.1. The smallest absolute Gasteiger partial charge is 0.432 e. The number of nitrogens with zero attached hydrogens (tertiary/aromatic N) is 2. The number of carbonyl (C=O) groups excluding carboxylic acids is 1. The van der Waals surface area contributed by atoms with Crippen LogP contribution in [0.3, 0.4) is 0 Å². The van der Waals surface area contributed by atoms with Gasteiger partial charge in [-0.25, -0.2) is 8.42 Å². The van der Waals surface area contributed by atoms with Gasteiger partial charge in [-0.1, -0.05) is 12.1 Å². The van der Waals surface area contributed by atoms with Crippen LogP contribution in [0.25, 0.3) is 11.5 Å². The maximum atomic E-state index is 14.1. The normalized spacial score (nSPS) is 17.9. The van der Waals surface area contributed by atoms with Crippen LogP contribution in [0.1, 0.15) is 34.8 Å². The van der Waals surface area contributed by atoms with Crippen LogP contribution in [0, 0.1) is 0 Å². The molecule has 5 heterocycles. The van der Waals surface area contributed by atoms with Crippen molar-refractivity contribution in [2.75, 3.05) is 33.4 Å². The molecule has 44 heavy (non-hydrogen) atoms. The summed E-state index contributed by atoms with van der Waals surface area (Å²) in [4.78, 5) is 12.3. The maximum absolute atomic E-state index is 14.1. The van der Waals surface area contributed by atoms with Crippen LogP contribution >= 0.6 is 0 Å². The molecule has 2 aromatic carbocycles. The number of aromatic nitrogens is 2. The predicted molar refractivity (Wildman–Crippen MR) is 149 cm³/mol. The Kier molecular flexibility index (Phi) is 7.75. The molecule has 4 aromatic rings. The summed E-state index contributed by atoms with van der Waals surface area (Å²) in [6.07, 6.45) is -3.84. The van der Waals surface area contributed by atoms with Crippen molar-refractivity contribution in [3.05, 3.63) is 77.0 Å².